The van der Waals surface area contributed by atoms with E-state index in [0.29, 0.717) is 6.54 Å². The van der Waals surface area contributed by atoms with Gasteiger partial charge in [0.1, 0.15) is 5.60 Å². The lowest BCUT2D eigenvalue weighted by Crippen LogP contribution is -2.43. The van der Waals surface area contributed by atoms with Gasteiger partial charge in [0.25, 0.3) is 0 Å². The number of carbonyl (C=O) groups excluding carboxylic acids is 2. The zero-order valence-corrected chi connectivity index (χ0v) is 13.6. The van der Waals surface area contributed by atoms with Crippen LogP contribution >= 0.6 is 0 Å². The molecule has 1 amide bonds. The summed E-state index contributed by atoms with van der Waals surface area (Å²) in [6, 6.07) is 8.15. The minimum Gasteiger partial charge on any atom is -0.458 e. The number of para-hydroxylation sites is 1. The lowest BCUT2D eigenvalue weighted by atomic mass is 9.85. The Morgan fingerprint density at radius 1 is 1.29 bits per heavy atom. The maximum Gasteiger partial charge on any atom is 0.307 e. The first-order chi connectivity index (χ1) is 11.7. The average Bonchev–Trinajstić information content (AvgIpc) is 3.28. The molecule has 1 aliphatic heterocycles. The first kappa shape index (κ1) is 15.2. The van der Waals surface area contributed by atoms with Gasteiger partial charge in [-0.2, -0.15) is 0 Å². The van der Waals surface area contributed by atoms with E-state index in [2.05, 4.69) is 16.4 Å². The van der Waals surface area contributed by atoms with Gasteiger partial charge in [-0.05, 0) is 43.7 Å². The van der Waals surface area contributed by atoms with E-state index >= 15 is 0 Å². The van der Waals surface area contributed by atoms with Crippen LogP contribution in [0.15, 0.2) is 30.5 Å². The quantitative estimate of drug-likeness (QED) is 0.849. The van der Waals surface area contributed by atoms with Crippen molar-refractivity contribution in [2.24, 2.45) is 5.92 Å². The predicted molar refractivity (Wildman–Crippen MR) is 90.4 cm³/mol. The van der Waals surface area contributed by atoms with E-state index in [1.807, 2.05) is 24.4 Å². The van der Waals surface area contributed by atoms with Gasteiger partial charge >= 0.3 is 5.97 Å². The number of ether oxygens (including phenoxy) is 1. The minimum absolute atomic E-state index is 0.0393. The molecular formula is C19H22N2O3. The Balaban J connectivity index is 1.39. The largest absolute Gasteiger partial charge is 0.458 e. The lowest BCUT2D eigenvalue weighted by Gasteiger charge is -2.27. The third-order valence-electron chi connectivity index (χ3n) is 5.46. The van der Waals surface area contributed by atoms with Gasteiger partial charge < -0.3 is 15.0 Å². The number of hydrogen-bond acceptors (Lipinski definition) is 3. The van der Waals surface area contributed by atoms with E-state index in [9.17, 15) is 9.59 Å². The highest BCUT2D eigenvalue weighted by atomic mass is 16.6. The Bertz CT molecular complexity index is 774. The summed E-state index contributed by atoms with van der Waals surface area (Å²) in [6.45, 7) is 0.571. The lowest BCUT2D eigenvalue weighted by molar-refractivity contribution is -0.149. The van der Waals surface area contributed by atoms with Crippen LogP contribution in [-0.2, 0) is 20.7 Å². The summed E-state index contributed by atoms with van der Waals surface area (Å²) >= 11 is 0. The molecule has 2 heterocycles. The van der Waals surface area contributed by atoms with Crippen LogP contribution in [0.25, 0.3) is 10.9 Å². The summed E-state index contributed by atoms with van der Waals surface area (Å²) < 4.78 is 5.55. The third kappa shape index (κ3) is 2.58. The van der Waals surface area contributed by atoms with Gasteiger partial charge in [-0.3, -0.25) is 9.59 Å². The molecule has 2 aromatic rings. The molecule has 1 atom stereocenters. The van der Waals surface area contributed by atoms with Gasteiger partial charge in [-0.1, -0.05) is 18.2 Å². The minimum atomic E-state index is -0.526. The Labute approximate surface area is 140 Å². The van der Waals surface area contributed by atoms with Crippen LogP contribution in [0.2, 0.25) is 0 Å². The van der Waals surface area contributed by atoms with Crippen LogP contribution in [-0.4, -0.2) is 29.0 Å². The number of aromatic amines is 1. The summed E-state index contributed by atoms with van der Waals surface area (Å²) in [5.41, 5.74) is 1.78. The molecular weight excluding hydrogens is 304 g/mol. The Morgan fingerprint density at radius 2 is 2.08 bits per heavy atom. The summed E-state index contributed by atoms with van der Waals surface area (Å²) in [6.07, 6.45) is 6.69. The van der Waals surface area contributed by atoms with Crippen molar-refractivity contribution in [3.8, 4) is 0 Å². The SMILES string of the molecule is O=C1C[C@@H](C(=O)NCCc2c[nH]c3ccccc23)C2(CCCC2)O1. The fraction of sp³-hybridized carbons (Fsp3) is 0.474. The van der Waals surface area contributed by atoms with E-state index in [0.717, 1.165) is 37.6 Å². The second-order valence-electron chi connectivity index (χ2n) is 6.90. The summed E-state index contributed by atoms with van der Waals surface area (Å²) in [7, 11) is 0. The number of amides is 1. The average molecular weight is 326 g/mol. The molecule has 1 spiro atoms. The second kappa shape index (κ2) is 5.96. The smallest absolute Gasteiger partial charge is 0.307 e. The number of rotatable bonds is 4. The maximum atomic E-state index is 12.6. The van der Waals surface area contributed by atoms with Crippen LogP contribution in [0, 0.1) is 5.92 Å². The molecule has 1 aromatic carbocycles. The molecule has 0 unspecified atom stereocenters. The van der Waals surface area contributed by atoms with Crippen molar-refractivity contribution in [3.05, 3.63) is 36.0 Å². The third-order valence-corrected chi connectivity index (χ3v) is 5.46. The molecule has 0 bridgehead atoms. The fourth-order valence-corrected chi connectivity index (χ4v) is 4.23. The number of nitrogens with one attached hydrogen (secondary N) is 2. The number of carbonyl (C=O) groups is 2. The number of fused-ring (bicyclic) bond motifs is 1. The fourth-order valence-electron chi connectivity index (χ4n) is 4.23. The molecule has 1 saturated heterocycles. The topological polar surface area (TPSA) is 71.2 Å². The zero-order valence-electron chi connectivity index (χ0n) is 13.6. The highest BCUT2D eigenvalue weighted by Crippen LogP contribution is 2.45. The number of H-pyrrole nitrogens is 1. The first-order valence-corrected chi connectivity index (χ1v) is 8.72. The molecule has 24 heavy (non-hydrogen) atoms. The first-order valence-electron chi connectivity index (χ1n) is 8.72. The monoisotopic (exact) mass is 326 g/mol. The van der Waals surface area contributed by atoms with E-state index in [-0.39, 0.29) is 24.2 Å². The van der Waals surface area contributed by atoms with E-state index in [4.69, 9.17) is 4.74 Å². The molecule has 4 rings (SSSR count). The van der Waals surface area contributed by atoms with Crippen molar-refractivity contribution < 1.29 is 14.3 Å². The normalized spacial score (nSPS) is 22.2. The van der Waals surface area contributed by atoms with Crippen molar-refractivity contribution in [2.45, 2.75) is 44.1 Å². The number of hydrogen-bond donors (Lipinski definition) is 2. The number of esters is 1. The summed E-state index contributed by atoms with van der Waals surface area (Å²) in [4.78, 5) is 27.6. The Hall–Kier alpha value is -2.30. The van der Waals surface area contributed by atoms with Crippen LogP contribution in [0.4, 0.5) is 0 Å². The van der Waals surface area contributed by atoms with Gasteiger partial charge in [0.05, 0.1) is 12.3 Å². The molecule has 1 aliphatic carbocycles. The predicted octanol–water partition coefficient (Wildman–Crippen LogP) is 2.70. The number of benzene rings is 1. The molecule has 126 valence electrons. The molecule has 5 heteroatoms. The maximum absolute atomic E-state index is 12.6. The summed E-state index contributed by atoms with van der Waals surface area (Å²) in [5, 5.41) is 4.21. The summed E-state index contributed by atoms with van der Waals surface area (Å²) in [5.74, 6) is -0.591. The Morgan fingerprint density at radius 3 is 2.92 bits per heavy atom. The molecule has 1 saturated carbocycles. The van der Waals surface area contributed by atoms with Crippen molar-refractivity contribution in [1.29, 1.82) is 0 Å². The number of aromatic nitrogens is 1. The molecule has 5 nitrogen and oxygen atoms in total. The molecule has 2 N–H and O–H groups in total. The van der Waals surface area contributed by atoms with E-state index < -0.39 is 5.60 Å². The van der Waals surface area contributed by atoms with Crippen LogP contribution in [0.5, 0.6) is 0 Å². The van der Waals surface area contributed by atoms with Crippen LogP contribution in [0.1, 0.15) is 37.7 Å². The van der Waals surface area contributed by atoms with Gasteiger partial charge in [-0.15, -0.1) is 0 Å². The highest BCUT2D eigenvalue weighted by molar-refractivity contribution is 5.88. The van der Waals surface area contributed by atoms with E-state index in [1.165, 1.54) is 10.9 Å². The van der Waals surface area contributed by atoms with Gasteiger partial charge in [-0.25, -0.2) is 0 Å². The van der Waals surface area contributed by atoms with E-state index in [1.54, 1.807) is 0 Å². The van der Waals surface area contributed by atoms with Gasteiger partial charge in [0.15, 0.2) is 0 Å². The standard InChI is InChI=1S/C19H22N2O3/c22-17-11-15(19(24-17)8-3-4-9-19)18(23)20-10-7-13-12-21-16-6-2-1-5-14(13)16/h1-2,5-6,12,15,21H,3-4,7-11H2,(H,20,23)/t15-/m0/s1. The zero-order chi connectivity index (χ0) is 16.6. The van der Waals surface area contributed by atoms with Crippen molar-refractivity contribution in [3.63, 3.8) is 0 Å². The Kier molecular flexibility index (Phi) is 3.79. The van der Waals surface area contributed by atoms with Crippen molar-refractivity contribution in [1.82, 2.24) is 10.3 Å². The van der Waals surface area contributed by atoms with Crippen molar-refractivity contribution in [2.75, 3.05) is 6.54 Å². The van der Waals surface area contributed by atoms with Gasteiger partial charge in [0, 0.05) is 23.6 Å². The van der Waals surface area contributed by atoms with Crippen LogP contribution < -0.4 is 5.32 Å². The van der Waals surface area contributed by atoms with Crippen molar-refractivity contribution >= 4 is 22.8 Å². The highest BCUT2D eigenvalue weighted by Gasteiger charge is 2.53. The van der Waals surface area contributed by atoms with Crippen LogP contribution in [0.3, 0.4) is 0 Å². The molecule has 0 radical (unpaired) electrons. The van der Waals surface area contributed by atoms with Gasteiger partial charge in [0.2, 0.25) is 5.91 Å². The molecule has 2 fully saturated rings. The second-order valence-corrected chi connectivity index (χ2v) is 6.90. The molecule has 2 aliphatic rings. The molecule has 1 aromatic heterocycles.